The van der Waals surface area contributed by atoms with Crippen molar-refractivity contribution in [1.82, 2.24) is 4.98 Å². The average molecular weight is 208 g/mol. The molecule has 14 heavy (non-hydrogen) atoms. The zero-order chi connectivity index (χ0) is 10.1. The normalized spacial score (nSPS) is 10.7. The van der Waals surface area contributed by atoms with Gasteiger partial charge in [0.25, 0.3) is 0 Å². The summed E-state index contributed by atoms with van der Waals surface area (Å²) in [5.74, 6) is 0.163. The number of Topliss-reactive ketones (excluding diaryl/α,β-unsaturated/α-hetero) is 1. The van der Waals surface area contributed by atoms with Crippen molar-refractivity contribution < 1.29 is 4.79 Å². The smallest absolute Gasteiger partial charge is 0.134 e. The maximum atomic E-state index is 10.9. The van der Waals surface area contributed by atoms with Crippen LogP contribution in [0.1, 0.15) is 12.5 Å². The molecule has 0 aliphatic heterocycles. The molecule has 0 saturated heterocycles. The molecule has 3 heteroatoms. The van der Waals surface area contributed by atoms with Gasteiger partial charge in [-0.2, -0.15) is 0 Å². The molecule has 1 N–H and O–H groups in total. The Hall–Kier alpha value is -1.28. The standard InChI is InChI=1S/C11H10ClNO/c1-7(14)4-8-2-3-11-9(5-8)10(12)6-13-11/h2-3,5-6,13H,4H2,1H3. The number of hydrogen-bond acceptors (Lipinski definition) is 1. The van der Waals surface area contributed by atoms with Gasteiger partial charge in [0.1, 0.15) is 5.78 Å². The van der Waals surface area contributed by atoms with Gasteiger partial charge in [0.2, 0.25) is 0 Å². The minimum atomic E-state index is 0.163. The van der Waals surface area contributed by atoms with Crippen LogP contribution in [-0.2, 0) is 11.2 Å². The zero-order valence-electron chi connectivity index (χ0n) is 7.80. The fourth-order valence-electron chi connectivity index (χ4n) is 1.53. The summed E-state index contributed by atoms with van der Waals surface area (Å²) >= 11 is 5.96. The molecule has 0 spiro atoms. The second kappa shape index (κ2) is 3.46. The number of ketones is 1. The fourth-order valence-corrected chi connectivity index (χ4v) is 1.74. The van der Waals surface area contributed by atoms with Gasteiger partial charge in [-0.15, -0.1) is 0 Å². The van der Waals surface area contributed by atoms with Crippen LogP contribution in [-0.4, -0.2) is 10.8 Å². The number of benzene rings is 1. The number of carbonyl (C=O) groups is 1. The van der Waals surface area contributed by atoms with E-state index in [0.717, 1.165) is 16.5 Å². The van der Waals surface area contributed by atoms with Gasteiger partial charge >= 0.3 is 0 Å². The molecular weight excluding hydrogens is 198 g/mol. The minimum absolute atomic E-state index is 0.163. The molecule has 2 aromatic rings. The van der Waals surface area contributed by atoms with E-state index in [9.17, 15) is 4.79 Å². The van der Waals surface area contributed by atoms with Crippen LogP contribution < -0.4 is 0 Å². The second-order valence-electron chi connectivity index (χ2n) is 3.40. The highest BCUT2D eigenvalue weighted by Gasteiger charge is 2.03. The van der Waals surface area contributed by atoms with Gasteiger partial charge in [0, 0.05) is 23.5 Å². The quantitative estimate of drug-likeness (QED) is 0.807. The van der Waals surface area contributed by atoms with Crippen molar-refractivity contribution >= 4 is 28.3 Å². The number of carbonyl (C=O) groups excluding carboxylic acids is 1. The SMILES string of the molecule is CC(=O)Cc1ccc2[nH]cc(Cl)c2c1. The molecule has 0 radical (unpaired) electrons. The first kappa shape index (κ1) is 9.28. The summed E-state index contributed by atoms with van der Waals surface area (Å²) in [6.07, 6.45) is 2.22. The van der Waals surface area contributed by atoms with E-state index in [1.165, 1.54) is 0 Å². The number of fused-ring (bicyclic) bond motifs is 1. The van der Waals surface area contributed by atoms with E-state index in [0.29, 0.717) is 11.4 Å². The zero-order valence-corrected chi connectivity index (χ0v) is 8.56. The van der Waals surface area contributed by atoms with E-state index in [4.69, 9.17) is 11.6 Å². The van der Waals surface area contributed by atoms with Crippen LogP contribution in [0.25, 0.3) is 10.9 Å². The van der Waals surface area contributed by atoms with E-state index < -0.39 is 0 Å². The molecule has 1 aromatic carbocycles. The highest BCUT2D eigenvalue weighted by Crippen LogP contribution is 2.23. The highest BCUT2D eigenvalue weighted by molar-refractivity contribution is 6.35. The van der Waals surface area contributed by atoms with E-state index in [1.54, 1.807) is 13.1 Å². The Bertz CT molecular complexity index is 487. The number of nitrogens with one attached hydrogen (secondary N) is 1. The molecule has 72 valence electrons. The van der Waals surface area contributed by atoms with Crippen molar-refractivity contribution in [3.05, 3.63) is 35.0 Å². The van der Waals surface area contributed by atoms with Crippen LogP contribution >= 0.6 is 11.6 Å². The largest absolute Gasteiger partial charge is 0.360 e. The Morgan fingerprint density at radius 1 is 1.50 bits per heavy atom. The van der Waals surface area contributed by atoms with Crippen molar-refractivity contribution in [3.63, 3.8) is 0 Å². The molecule has 2 nitrogen and oxygen atoms in total. The second-order valence-corrected chi connectivity index (χ2v) is 3.80. The van der Waals surface area contributed by atoms with Crippen LogP contribution in [0, 0.1) is 0 Å². The Morgan fingerprint density at radius 3 is 3.00 bits per heavy atom. The van der Waals surface area contributed by atoms with Gasteiger partial charge < -0.3 is 4.98 Å². The number of hydrogen-bond donors (Lipinski definition) is 1. The number of aromatic nitrogens is 1. The lowest BCUT2D eigenvalue weighted by Gasteiger charge is -1.98. The third-order valence-corrected chi connectivity index (χ3v) is 2.46. The summed E-state index contributed by atoms with van der Waals surface area (Å²) < 4.78 is 0. The van der Waals surface area contributed by atoms with Crippen LogP contribution in [0.3, 0.4) is 0 Å². The Balaban J connectivity index is 2.49. The highest BCUT2D eigenvalue weighted by atomic mass is 35.5. The molecule has 0 aliphatic carbocycles. The molecule has 0 aliphatic rings. The van der Waals surface area contributed by atoms with Crippen LogP contribution in [0.2, 0.25) is 5.02 Å². The molecule has 0 bridgehead atoms. The molecule has 1 heterocycles. The topological polar surface area (TPSA) is 32.9 Å². The van der Waals surface area contributed by atoms with Crippen molar-refractivity contribution in [3.8, 4) is 0 Å². The predicted molar refractivity (Wildman–Crippen MR) is 57.7 cm³/mol. The molecule has 1 aromatic heterocycles. The van der Waals surface area contributed by atoms with Crippen LogP contribution in [0.15, 0.2) is 24.4 Å². The van der Waals surface area contributed by atoms with Gasteiger partial charge in [0.05, 0.1) is 5.02 Å². The van der Waals surface area contributed by atoms with Gasteiger partial charge in [-0.3, -0.25) is 4.79 Å². The molecule has 0 fully saturated rings. The first-order valence-corrected chi connectivity index (χ1v) is 4.79. The average Bonchev–Trinajstić information content (AvgIpc) is 2.47. The summed E-state index contributed by atoms with van der Waals surface area (Å²) in [6, 6.07) is 5.84. The predicted octanol–water partition coefficient (Wildman–Crippen LogP) is 2.95. The van der Waals surface area contributed by atoms with Crippen molar-refractivity contribution in [1.29, 1.82) is 0 Å². The van der Waals surface area contributed by atoms with Gasteiger partial charge in [-0.05, 0) is 24.6 Å². The lowest BCUT2D eigenvalue weighted by atomic mass is 10.1. The first-order valence-electron chi connectivity index (χ1n) is 4.42. The third-order valence-electron chi connectivity index (χ3n) is 2.15. The lowest BCUT2D eigenvalue weighted by Crippen LogP contribution is -1.95. The van der Waals surface area contributed by atoms with E-state index in [-0.39, 0.29) is 5.78 Å². The number of rotatable bonds is 2. The maximum Gasteiger partial charge on any atom is 0.134 e. The number of halogens is 1. The lowest BCUT2D eigenvalue weighted by molar-refractivity contribution is -0.116. The number of H-pyrrole nitrogens is 1. The van der Waals surface area contributed by atoms with E-state index >= 15 is 0 Å². The number of aromatic amines is 1. The minimum Gasteiger partial charge on any atom is -0.360 e. The Labute approximate surface area is 86.9 Å². The Kier molecular flexibility index (Phi) is 2.30. The summed E-state index contributed by atoms with van der Waals surface area (Å²) in [5, 5.41) is 1.68. The Morgan fingerprint density at radius 2 is 2.29 bits per heavy atom. The van der Waals surface area contributed by atoms with Crippen LogP contribution in [0.4, 0.5) is 0 Å². The third kappa shape index (κ3) is 1.66. The summed E-state index contributed by atoms with van der Waals surface area (Å²) in [5.41, 5.74) is 2.01. The first-order chi connectivity index (χ1) is 6.66. The fraction of sp³-hybridized carbons (Fsp3) is 0.182. The molecule has 0 amide bonds. The van der Waals surface area contributed by atoms with Gasteiger partial charge in [-0.1, -0.05) is 17.7 Å². The molecule has 0 unspecified atom stereocenters. The molecule has 0 atom stereocenters. The summed E-state index contributed by atoms with van der Waals surface area (Å²) in [7, 11) is 0. The molecule has 0 saturated carbocycles. The molecule has 2 rings (SSSR count). The van der Waals surface area contributed by atoms with E-state index in [2.05, 4.69) is 4.98 Å². The maximum absolute atomic E-state index is 10.9. The summed E-state index contributed by atoms with van der Waals surface area (Å²) in [6.45, 7) is 1.59. The van der Waals surface area contributed by atoms with E-state index in [1.807, 2.05) is 18.2 Å². The molecular formula is C11H10ClNO. The van der Waals surface area contributed by atoms with Crippen LogP contribution in [0.5, 0.6) is 0 Å². The monoisotopic (exact) mass is 207 g/mol. The van der Waals surface area contributed by atoms with Gasteiger partial charge in [-0.25, -0.2) is 0 Å². The summed E-state index contributed by atoms with van der Waals surface area (Å²) in [4.78, 5) is 14.0. The van der Waals surface area contributed by atoms with Gasteiger partial charge in [0.15, 0.2) is 0 Å². The van der Waals surface area contributed by atoms with Crippen molar-refractivity contribution in [2.75, 3.05) is 0 Å². The van der Waals surface area contributed by atoms with Crippen molar-refractivity contribution in [2.24, 2.45) is 0 Å². The van der Waals surface area contributed by atoms with Crippen molar-refractivity contribution in [2.45, 2.75) is 13.3 Å².